The third-order valence-electron chi connectivity index (χ3n) is 3.25. The summed E-state index contributed by atoms with van der Waals surface area (Å²) in [4.78, 5) is 0. The van der Waals surface area contributed by atoms with Crippen LogP contribution in [-0.2, 0) is 5.41 Å². The molecule has 16 heavy (non-hydrogen) atoms. The lowest BCUT2D eigenvalue weighted by atomic mass is 9.75. The minimum absolute atomic E-state index is 0.343. The highest BCUT2D eigenvalue weighted by Crippen LogP contribution is 2.33. The van der Waals surface area contributed by atoms with Crippen LogP contribution >= 0.6 is 11.6 Å². The average molecular weight is 240 g/mol. The first-order valence-corrected chi connectivity index (χ1v) is 6.55. The quantitative estimate of drug-likeness (QED) is 0.781. The zero-order chi connectivity index (χ0) is 12.0. The Bertz CT molecular complexity index is 299. The predicted octanol–water partition coefficient (Wildman–Crippen LogP) is 4.01. The summed E-state index contributed by atoms with van der Waals surface area (Å²) in [7, 11) is 0. The molecule has 1 aliphatic rings. The summed E-state index contributed by atoms with van der Waals surface area (Å²) in [6.07, 6.45) is 2.43. The van der Waals surface area contributed by atoms with E-state index in [1.54, 1.807) is 0 Å². The van der Waals surface area contributed by atoms with E-state index in [1.807, 2.05) is 26.0 Å². The smallest absolute Gasteiger partial charge is 0.0406 e. The zero-order valence-corrected chi connectivity index (χ0v) is 11.3. The highest BCUT2D eigenvalue weighted by molar-refractivity contribution is 6.30. The Morgan fingerprint density at radius 1 is 1.06 bits per heavy atom. The first-order valence-electron chi connectivity index (χ1n) is 6.17. The standard InChI is InChI=1S/C12H16ClN.C2H6/c1-12(6-8-14-9-7-12)10-2-4-11(13)5-3-10;1-2/h2-5,14H,6-9H2,1H3;1-2H3. The van der Waals surface area contributed by atoms with Crippen molar-refractivity contribution < 1.29 is 0 Å². The minimum Gasteiger partial charge on any atom is -0.317 e. The molecule has 1 heterocycles. The van der Waals surface area contributed by atoms with Gasteiger partial charge in [-0.1, -0.05) is 44.5 Å². The second-order valence-electron chi connectivity index (χ2n) is 4.32. The molecule has 0 spiro atoms. The van der Waals surface area contributed by atoms with Gasteiger partial charge < -0.3 is 5.32 Å². The van der Waals surface area contributed by atoms with Gasteiger partial charge in [0.2, 0.25) is 0 Å². The first kappa shape index (κ1) is 13.5. The minimum atomic E-state index is 0.343. The Morgan fingerprint density at radius 3 is 2.06 bits per heavy atom. The lowest BCUT2D eigenvalue weighted by molar-refractivity contribution is 0.335. The third kappa shape index (κ3) is 3.23. The molecular formula is C14H22ClN. The molecule has 1 saturated heterocycles. The Hall–Kier alpha value is -0.530. The van der Waals surface area contributed by atoms with E-state index in [0.29, 0.717) is 5.41 Å². The molecule has 0 amide bonds. The maximum atomic E-state index is 5.88. The monoisotopic (exact) mass is 239 g/mol. The number of rotatable bonds is 1. The molecule has 0 radical (unpaired) electrons. The summed E-state index contributed by atoms with van der Waals surface area (Å²) >= 11 is 5.88. The van der Waals surface area contributed by atoms with Gasteiger partial charge in [0.1, 0.15) is 0 Å². The summed E-state index contributed by atoms with van der Waals surface area (Å²) < 4.78 is 0. The van der Waals surface area contributed by atoms with Gasteiger partial charge in [0.15, 0.2) is 0 Å². The van der Waals surface area contributed by atoms with E-state index >= 15 is 0 Å². The van der Waals surface area contributed by atoms with Crippen LogP contribution in [0.15, 0.2) is 24.3 Å². The molecule has 0 aliphatic carbocycles. The van der Waals surface area contributed by atoms with Crippen LogP contribution in [0.25, 0.3) is 0 Å². The summed E-state index contributed by atoms with van der Waals surface area (Å²) in [5, 5.41) is 4.22. The lowest BCUT2D eigenvalue weighted by Crippen LogP contribution is -2.37. The largest absolute Gasteiger partial charge is 0.317 e. The lowest BCUT2D eigenvalue weighted by Gasteiger charge is -2.34. The van der Waals surface area contributed by atoms with Gasteiger partial charge in [-0.2, -0.15) is 0 Å². The van der Waals surface area contributed by atoms with Crippen LogP contribution in [-0.4, -0.2) is 13.1 Å². The molecule has 0 aromatic heterocycles. The molecule has 1 fully saturated rings. The molecule has 0 saturated carbocycles. The van der Waals surface area contributed by atoms with Gasteiger partial charge in [-0.05, 0) is 49.0 Å². The SMILES string of the molecule is CC.CC1(c2ccc(Cl)cc2)CCNCC1. The fourth-order valence-electron chi connectivity index (χ4n) is 2.12. The molecule has 1 aliphatic heterocycles. The third-order valence-corrected chi connectivity index (χ3v) is 3.50. The number of piperidine rings is 1. The van der Waals surface area contributed by atoms with E-state index in [2.05, 4.69) is 24.4 Å². The number of benzene rings is 1. The maximum absolute atomic E-state index is 5.88. The van der Waals surface area contributed by atoms with Crippen molar-refractivity contribution in [2.45, 2.75) is 39.0 Å². The highest BCUT2D eigenvalue weighted by atomic mass is 35.5. The molecule has 0 unspecified atom stereocenters. The van der Waals surface area contributed by atoms with Crippen LogP contribution in [0.3, 0.4) is 0 Å². The molecule has 1 aromatic rings. The van der Waals surface area contributed by atoms with Gasteiger partial charge in [0, 0.05) is 5.02 Å². The van der Waals surface area contributed by atoms with Crippen molar-refractivity contribution in [1.82, 2.24) is 5.32 Å². The molecule has 1 nitrogen and oxygen atoms in total. The summed E-state index contributed by atoms with van der Waals surface area (Å²) in [6.45, 7) is 8.59. The Morgan fingerprint density at radius 2 is 1.56 bits per heavy atom. The van der Waals surface area contributed by atoms with Crippen LogP contribution in [0.2, 0.25) is 5.02 Å². The van der Waals surface area contributed by atoms with Crippen molar-refractivity contribution in [3.63, 3.8) is 0 Å². The Labute approximate surface area is 104 Å². The van der Waals surface area contributed by atoms with Gasteiger partial charge >= 0.3 is 0 Å². The van der Waals surface area contributed by atoms with Crippen molar-refractivity contribution in [2.24, 2.45) is 0 Å². The number of hydrogen-bond acceptors (Lipinski definition) is 1. The normalized spacial score (nSPS) is 18.5. The zero-order valence-electron chi connectivity index (χ0n) is 10.5. The second kappa shape index (κ2) is 6.27. The van der Waals surface area contributed by atoms with Gasteiger partial charge in [-0.25, -0.2) is 0 Å². The van der Waals surface area contributed by atoms with Gasteiger partial charge in [-0.3, -0.25) is 0 Å². The van der Waals surface area contributed by atoms with Gasteiger partial charge in [-0.15, -0.1) is 0 Å². The van der Waals surface area contributed by atoms with Gasteiger partial charge in [0.25, 0.3) is 0 Å². The van der Waals surface area contributed by atoms with Crippen molar-refractivity contribution in [3.05, 3.63) is 34.9 Å². The van der Waals surface area contributed by atoms with Crippen molar-refractivity contribution in [3.8, 4) is 0 Å². The Kier molecular flexibility index (Phi) is 5.30. The maximum Gasteiger partial charge on any atom is 0.0406 e. The fraction of sp³-hybridized carbons (Fsp3) is 0.571. The molecule has 0 bridgehead atoms. The number of nitrogens with one attached hydrogen (secondary N) is 1. The Balaban J connectivity index is 0.000000606. The van der Waals surface area contributed by atoms with E-state index in [4.69, 9.17) is 11.6 Å². The van der Waals surface area contributed by atoms with E-state index in [-0.39, 0.29) is 0 Å². The molecule has 90 valence electrons. The molecular weight excluding hydrogens is 218 g/mol. The number of halogens is 1. The van der Waals surface area contributed by atoms with Crippen LogP contribution in [0.1, 0.15) is 39.2 Å². The molecule has 2 heteroatoms. The van der Waals surface area contributed by atoms with Crippen LogP contribution in [0.5, 0.6) is 0 Å². The van der Waals surface area contributed by atoms with Crippen LogP contribution in [0, 0.1) is 0 Å². The van der Waals surface area contributed by atoms with Gasteiger partial charge in [0.05, 0.1) is 0 Å². The summed E-state index contributed by atoms with van der Waals surface area (Å²) in [5.74, 6) is 0. The summed E-state index contributed by atoms with van der Waals surface area (Å²) in [5.41, 5.74) is 1.76. The van der Waals surface area contributed by atoms with Crippen LogP contribution < -0.4 is 5.32 Å². The van der Waals surface area contributed by atoms with Crippen LogP contribution in [0.4, 0.5) is 0 Å². The number of hydrogen-bond donors (Lipinski definition) is 1. The van der Waals surface area contributed by atoms with Crippen molar-refractivity contribution in [2.75, 3.05) is 13.1 Å². The predicted molar refractivity (Wildman–Crippen MR) is 72.3 cm³/mol. The highest BCUT2D eigenvalue weighted by Gasteiger charge is 2.28. The second-order valence-corrected chi connectivity index (χ2v) is 4.75. The van der Waals surface area contributed by atoms with E-state index in [9.17, 15) is 0 Å². The summed E-state index contributed by atoms with van der Waals surface area (Å²) in [6, 6.07) is 8.30. The van der Waals surface area contributed by atoms with E-state index < -0.39 is 0 Å². The average Bonchev–Trinajstić information content (AvgIpc) is 2.33. The fourth-order valence-corrected chi connectivity index (χ4v) is 2.25. The first-order chi connectivity index (χ1) is 7.71. The molecule has 0 atom stereocenters. The van der Waals surface area contributed by atoms with Crippen molar-refractivity contribution >= 4 is 11.6 Å². The topological polar surface area (TPSA) is 12.0 Å². The van der Waals surface area contributed by atoms with E-state index in [1.165, 1.54) is 18.4 Å². The van der Waals surface area contributed by atoms with Crippen molar-refractivity contribution in [1.29, 1.82) is 0 Å². The molecule has 2 rings (SSSR count). The molecule has 1 N–H and O–H groups in total. The van der Waals surface area contributed by atoms with E-state index in [0.717, 1.165) is 18.1 Å². The molecule has 1 aromatic carbocycles.